The molecule has 0 radical (unpaired) electrons. The summed E-state index contributed by atoms with van der Waals surface area (Å²) in [5, 5.41) is 9.54. The number of rotatable bonds is 3. The summed E-state index contributed by atoms with van der Waals surface area (Å²) in [5.41, 5.74) is 3.63. The number of aromatic nitrogens is 3. The number of phenolic OH excluding ortho intramolecular Hbond substituents is 1. The van der Waals surface area contributed by atoms with Crippen molar-refractivity contribution in [3.63, 3.8) is 0 Å². The standard InChI is InChI=1S/C16H17N3O2/c1-10(2)21-16-15-18-9-14(19(15)7-6-17-16)13-5-4-12(20)8-11(13)3/h4-10,20H,1-3H3. The maximum absolute atomic E-state index is 9.54. The van der Waals surface area contributed by atoms with Crippen molar-refractivity contribution < 1.29 is 9.84 Å². The molecule has 2 aromatic heterocycles. The molecule has 0 amide bonds. The molecule has 1 N–H and O–H groups in total. The first-order chi connectivity index (χ1) is 10.1. The molecule has 0 aliphatic rings. The van der Waals surface area contributed by atoms with Crippen LogP contribution < -0.4 is 4.74 Å². The average Bonchev–Trinajstić information content (AvgIpc) is 2.83. The van der Waals surface area contributed by atoms with E-state index in [1.54, 1.807) is 24.5 Å². The van der Waals surface area contributed by atoms with Crippen LogP contribution in [0, 0.1) is 6.92 Å². The van der Waals surface area contributed by atoms with E-state index in [9.17, 15) is 5.11 Å². The van der Waals surface area contributed by atoms with Crippen LogP contribution in [-0.4, -0.2) is 25.6 Å². The predicted molar refractivity (Wildman–Crippen MR) is 80.6 cm³/mol. The maximum Gasteiger partial charge on any atom is 0.258 e. The van der Waals surface area contributed by atoms with E-state index in [-0.39, 0.29) is 11.9 Å². The van der Waals surface area contributed by atoms with E-state index in [1.165, 1.54) is 0 Å². The Balaban J connectivity index is 2.16. The third-order valence-corrected chi connectivity index (χ3v) is 3.23. The number of hydrogen-bond donors (Lipinski definition) is 1. The van der Waals surface area contributed by atoms with Gasteiger partial charge in [0.25, 0.3) is 5.88 Å². The van der Waals surface area contributed by atoms with E-state index in [2.05, 4.69) is 9.97 Å². The summed E-state index contributed by atoms with van der Waals surface area (Å²) in [6.07, 6.45) is 5.39. The smallest absolute Gasteiger partial charge is 0.258 e. The van der Waals surface area contributed by atoms with Gasteiger partial charge in [-0.15, -0.1) is 0 Å². The number of aromatic hydroxyl groups is 1. The highest BCUT2D eigenvalue weighted by atomic mass is 16.5. The third kappa shape index (κ3) is 2.42. The number of fused-ring (bicyclic) bond motifs is 1. The van der Waals surface area contributed by atoms with Gasteiger partial charge < -0.3 is 9.84 Å². The highest BCUT2D eigenvalue weighted by Gasteiger charge is 2.13. The second kappa shape index (κ2) is 5.09. The second-order valence-electron chi connectivity index (χ2n) is 5.24. The van der Waals surface area contributed by atoms with Crippen molar-refractivity contribution >= 4 is 5.65 Å². The van der Waals surface area contributed by atoms with Crippen LogP contribution in [0.2, 0.25) is 0 Å². The van der Waals surface area contributed by atoms with Gasteiger partial charge in [0.2, 0.25) is 5.65 Å². The first kappa shape index (κ1) is 13.4. The molecule has 0 aliphatic heterocycles. The molecule has 3 aromatic rings. The highest BCUT2D eigenvalue weighted by Crippen LogP contribution is 2.29. The van der Waals surface area contributed by atoms with E-state index in [1.807, 2.05) is 37.4 Å². The Kier molecular flexibility index (Phi) is 3.25. The Hall–Kier alpha value is -2.56. The summed E-state index contributed by atoms with van der Waals surface area (Å²) < 4.78 is 7.64. The minimum absolute atomic E-state index is 0.0410. The van der Waals surface area contributed by atoms with Gasteiger partial charge in [0, 0.05) is 18.0 Å². The zero-order valence-electron chi connectivity index (χ0n) is 12.2. The van der Waals surface area contributed by atoms with E-state index in [0.717, 1.165) is 16.8 Å². The van der Waals surface area contributed by atoms with E-state index in [4.69, 9.17) is 4.74 Å². The predicted octanol–water partition coefficient (Wildman–Crippen LogP) is 3.20. The van der Waals surface area contributed by atoms with Gasteiger partial charge in [0.15, 0.2) is 0 Å². The summed E-state index contributed by atoms with van der Waals surface area (Å²) in [4.78, 5) is 8.67. The Labute approximate surface area is 122 Å². The highest BCUT2D eigenvalue weighted by molar-refractivity contribution is 5.69. The van der Waals surface area contributed by atoms with Crippen LogP contribution in [0.1, 0.15) is 19.4 Å². The van der Waals surface area contributed by atoms with Crippen molar-refractivity contribution in [1.29, 1.82) is 0 Å². The molecule has 0 atom stereocenters. The number of aryl methyl sites for hydroxylation is 1. The monoisotopic (exact) mass is 283 g/mol. The molecule has 0 spiro atoms. The van der Waals surface area contributed by atoms with Crippen molar-refractivity contribution in [1.82, 2.24) is 14.4 Å². The summed E-state index contributed by atoms with van der Waals surface area (Å²) >= 11 is 0. The van der Waals surface area contributed by atoms with Crippen LogP contribution in [0.4, 0.5) is 0 Å². The quantitative estimate of drug-likeness (QED) is 0.802. The fourth-order valence-electron chi connectivity index (χ4n) is 2.34. The lowest BCUT2D eigenvalue weighted by Gasteiger charge is -2.10. The van der Waals surface area contributed by atoms with Crippen molar-refractivity contribution in [2.75, 3.05) is 0 Å². The zero-order valence-corrected chi connectivity index (χ0v) is 12.2. The molecule has 0 saturated carbocycles. The molecule has 5 heteroatoms. The van der Waals surface area contributed by atoms with Gasteiger partial charge in [-0.1, -0.05) is 0 Å². The fourth-order valence-corrected chi connectivity index (χ4v) is 2.34. The number of phenols is 1. The molecule has 1 aromatic carbocycles. The van der Waals surface area contributed by atoms with Crippen LogP contribution in [0.3, 0.4) is 0 Å². The molecule has 21 heavy (non-hydrogen) atoms. The SMILES string of the molecule is Cc1cc(O)ccc1-c1cnc2c(OC(C)C)nccn12. The Morgan fingerprint density at radius 1 is 1.24 bits per heavy atom. The molecule has 0 aliphatic carbocycles. The number of benzene rings is 1. The van der Waals surface area contributed by atoms with Crippen LogP contribution in [0.25, 0.3) is 16.9 Å². The van der Waals surface area contributed by atoms with Crippen LogP contribution >= 0.6 is 0 Å². The number of imidazole rings is 1. The minimum atomic E-state index is 0.0410. The molecule has 108 valence electrons. The fraction of sp³-hybridized carbons (Fsp3) is 0.250. The molecule has 5 nitrogen and oxygen atoms in total. The van der Waals surface area contributed by atoms with Gasteiger partial charge in [-0.2, -0.15) is 0 Å². The Morgan fingerprint density at radius 2 is 2.05 bits per heavy atom. The van der Waals surface area contributed by atoms with E-state index >= 15 is 0 Å². The molecule has 3 rings (SSSR count). The zero-order chi connectivity index (χ0) is 15.0. The maximum atomic E-state index is 9.54. The van der Waals surface area contributed by atoms with Gasteiger partial charge in [-0.3, -0.25) is 4.40 Å². The van der Waals surface area contributed by atoms with Gasteiger partial charge in [-0.05, 0) is 44.5 Å². The summed E-state index contributed by atoms with van der Waals surface area (Å²) in [5.74, 6) is 0.783. The lowest BCUT2D eigenvalue weighted by atomic mass is 10.1. The second-order valence-corrected chi connectivity index (χ2v) is 5.24. The molecular weight excluding hydrogens is 266 g/mol. The Bertz CT molecular complexity index is 793. The summed E-state index contributed by atoms with van der Waals surface area (Å²) in [6.45, 7) is 5.87. The van der Waals surface area contributed by atoms with Crippen LogP contribution in [-0.2, 0) is 0 Å². The molecule has 0 saturated heterocycles. The average molecular weight is 283 g/mol. The Morgan fingerprint density at radius 3 is 2.76 bits per heavy atom. The molecular formula is C16H17N3O2. The molecule has 2 heterocycles. The van der Waals surface area contributed by atoms with Crippen molar-refractivity contribution in [3.05, 3.63) is 42.4 Å². The van der Waals surface area contributed by atoms with Gasteiger partial charge in [-0.25, -0.2) is 9.97 Å². The summed E-state index contributed by atoms with van der Waals surface area (Å²) in [6, 6.07) is 5.30. The molecule has 0 bridgehead atoms. The molecule has 0 unspecified atom stereocenters. The first-order valence-electron chi connectivity index (χ1n) is 6.85. The van der Waals surface area contributed by atoms with Gasteiger partial charge in [0.05, 0.1) is 18.0 Å². The molecule has 0 fully saturated rings. The largest absolute Gasteiger partial charge is 0.508 e. The number of nitrogens with zero attached hydrogens (tertiary/aromatic N) is 3. The van der Waals surface area contributed by atoms with Crippen molar-refractivity contribution in [3.8, 4) is 22.9 Å². The van der Waals surface area contributed by atoms with Crippen LogP contribution in [0.5, 0.6) is 11.6 Å². The normalized spacial score (nSPS) is 11.2. The summed E-state index contributed by atoms with van der Waals surface area (Å²) in [7, 11) is 0. The van der Waals surface area contributed by atoms with Crippen molar-refractivity contribution in [2.45, 2.75) is 26.9 Å². The lowest BCUT2D eigenvalue weighted by Crippen LogP contribution is -2.08. The first-order valence-corrected chi connectivity index (χ1v) is 6.85. The van der Waals surface area contributed by atoms with E-state index < -0.39 is 0 Å². The minimum Gasteiger partial charge on any atom is -0.508 e. The lowest BCUT2D eigenvalue weighted by molar-refractivity contribution is 0.234. The number of hydrogen-bond acceptors (Lipinski definition) is 4. The van der Waals surface area contributed by atoms with Gasteiger partial charge >= 0.3 is 0 Å². The van der Waals surface area contributed by atoms with Crippen molar-refractivity contribution in [2.24, 2.45) is 0 Å². The third-order valence-electron chi connectivity index (χ3n) is 3.23. The van der Waals surface area contributed by atoms with Crippen LogP contribution in [0.15, 0.2) is 36.8 Å². The van der Waals surface area contributed by atoms with Gasteiger partial charge in [0.1, 0.15) is 5.75 Å². The number of ether oxygens (including phenoxy) is 1. The topological polar surface area (TPSA) is 59.7 Å². The van der Waals surface area contributed by atoms with E-state index in [0.29, 0.717) is 11.5 Å².